The van der Waals surface area contributed by atoms with Gasteiger partial charge in [0.15, 0.2) is 0 Å². The predicted octanol–water partition coefficient (Wildman–Crippen LogP) is 5.54. The highest BCUT2D eigenvalue weighted by Crippen LogP contribution is 2.42. The van der Waals surface area contributed by atoms with Crippen molar-refractivity contribution in [3.63, 3.8) is 0 Å². The number of anilines is 2. The van der Waals surface area contributed by atoms with Crippen molar-refractivity contribution >= 4 is 11.4 Å². The number of aryl methyl sites for hydroxylation is 3. The Morgan fingerprint density at radius 2 is 1.50 bits per heavy atom. The van der Waals surface area contributed by atoms with Crippen LogP contribution in [-0.2, 0) is 16.9 Å². The molecule has 1 aromatic heterocycles. The van der Waals surface area contributed by atoms with Crippen LogP contribution in [0.2, 0.25) is 0 Å². The number of aromatic nitrogens is 3. The molecule has 40 heavy (non-hydrogen) atoms. The third-order valence-corrected chi connectivity index (χ3v) is 8.34. The zero-order valence-electron chi connectivity index (χ0n) is 23.8. The van der Waals surface area contributed by atoms with E-state index in [2.05, 4.69) is 107 Å². The van der Waals surface area contributed by atoms with Crippen LogP contribution in [0, 0.1) is 26.7 Å². The highest BCUT2D eigenvalue weighted by Gasteiger charge is 2.43. The van der Waals surface area contributed by atoms with Crippen LogP contribution in [0.25, 0.3) is 0 Å². The van der Waals surface area contributed by atoms with Crippen LogP contribution in [0.3, 0.4) is 0 Å². The molecule has 2 saturated heterocycles. The maximum Gasteiger partial charge on any atom is 0.137 e. The largest absolute Gasteiger partial charge is 0.493 e. The molecule has 6 rings (SSSR count). The highest BCUT2D eigenvalue weighted by atomic mass is 16.5. The first kappa shape index (κ1) is 26.4. The van der Waals surface area contributed by atoms with Gasteiger partial charge in [0.1, 0.15) is 24.0 Å². The minimum Gasteiger partial charge on any atom is -0.493 e. The Morgan fingerprint density at radius 3 is 2.12 bits per heavy atom. The number of piperazine rings is 1. The molecule has 0 amide bonds. The van der Waals surface area contributed by atoms with E-state index in [1.807, 2.05) is 4.68 Å². The van der Waals surface area contributed by atoms with Gasteiger partial charge in [-0.2, -0.15) is 5.10 Å². The fraction of sp³-hybridized carbons (Fsp3) is 0.394. The lowest BCUT2D eigenvalue weighted by Gasteiger charge is -2.37. The van der Waals surface area contributed by atoms with Gasteiger partial charge in [0.2, 0.25) is 0 Å². The van der Waals surface area contributed by atoms with Crippen molar-refractivity contribution in [1.82, 2.24) is 14.8 Å². The van der Waals surface area contributed by atoms with Gasteiger partial charge in [0.25, 0.3) is 0 Å². The molecular formula is C33H39N5O2. The van der Waals surface area contributed by atoms with E-state index in [1.165, 1.54) is 33.6 Å². The smallest absolute Gasteiger partial charge is 0.137 e. The van der Waals surface area contributed by atoms with Crippen LogP contribution in [0.4, 0.5) is 11.4 Å². The van der Waals surface area contributed by atoms with Crippen LogP contribution in [0.5, 0.6) is 5.75 Å². The molecule has 2 aliphatic heterocycles. The van der Waals surface area contributed by atoms with E-state index in [9.17, 15) is 0 Å². The van der Waals surface area contributed by atoms with E-state index in [0.717, 1.165) is 38.3 Å². The Bertz CT molecular complexity index is 1400. The summed E-state index contributed by atoms with van der Waals surface area (Å²) < 4.78 is 14.8. The van der Waals surface area contributed by atoms with Crippen molar-refractivity contribution in [2.24, 2.45) is 5.92 Å². The van der Waals surface area contributed by atoms with Gasteiger partial charge >= 0.3 is 0 Å². The summed E-state index contributed by atoms with van der Waals surface area (Å²) in [6.45, 7) is 12.4. The van der Waals surface area contributed by atoms with E-state index in [4.69, 9.17) is 9.47 Å². The van der Waals surface area contributed by atoms with Gasteiger partial charge in [0, 0.05) is 43.5 Å². The molecular weight excluding hydrogens is 498 g/mol. The maximum absolute atomic E-state index is 6.59. The van der Waals surface area contributed by atoms with Crippen molar-refractivity contribution in [1.29, 1.82) is 0 Å². The Labute approximate surface area is 237 Å². The van der Waals surface area contributed by atoms with Crippen LogP contribution < -0.4 is 14.5 Å². The van der Waals surface area contributed by atoms with E-state index >= 15 is 0 Å². The van der Waals surface area contributed by atoms with Crippen molar-refractivity contribution < 1.29 is 9.47 Å². The molecule has 0 aliphatic carbocycles. The molecule has 3 aromatic carbocycles. The summed E-state index contributed by atoms with van der Waals surface area (Å²) in [4.78, 5) is 9.08. The Morgan fingerprint density at radius 1 is 0.850 bits per heavy atom. The highest BCUT2D eigenvalue weighted by molar-refractivity contribution is 5.53. The third kappa shape index (κ3) is 5.70. The van der Waals surface area contributed by atoms with Crippen LogP contribution in [0.15, 0.2) is 79.4 Å². The van der Waals surface area contributed by atoms with E-state index in [0.29, 0.717) is 25.7 Å². The number of nitrogens with zero attached hydrogens (tertiary/aromatic N) is 5. The van der Waals surface area contributed by atoms with Crippen LogP contribution in [-0.4, -0.2) is 54.2 Å². The first-order valence-corrected chi connectivity index (χ1v) is 14.3. The normalized spacial score (nSPS) is 21.1. The lowest BCUT2D eigenvalue weighted by Crippen LogP contribution is -2.46. The second-order valence-corrected chi connectivity index (χ2v) is 11.4. The van der Waals surface area contributed by atoms with Gasteiger partial charge in [-0.3, -0.25) is 0 Å². The monoisotopic (exact) mass is 537 g/mol. The molecule has 0 unspecified atom stereocenters. The lowest BCUT2D eigenvalue weighted by atomic mass is 9.84. The van der Waals surface area contributed by atoms with Crippen LogP contribution in [0.1, 0.15) is 28.7 Å². The first-order chi connectivity index (χ1) is 19.5. The van der Waals surface area contributed by atoms with Gasteiger partial charge in [0.05, 0.1) is 19.8 Å². The molecule has 0 spiro atoms. The molecule has 7 heteroatoms. The molecule has 0 bridgehead atoms. The van der Waals surface area contributed by atoms with Crippen LogP contribution >= 0.6 is 0 Å². The molecule has 3 heterocycles. The summed E-state index contributed by atoms with van der Waals surface area (Å²) in [5.74, 6) is 1.20. The topological polar surface area (TPSA) is 55.7 Å². The van der Waals surface area contributed by atoms with Crippen molar-refractivity contribution in [3.8, 4) is 5.75 Å². The summed E-state index contributed by atoms with van der Waals surface area (Å²) in [6.07, 6.45) is 4.22. The Kier molecular flexibility index (Phi) is 7.48. The average Bonchev–Trinajstić information content (AvgIpc) is 3.63. The number of ether oxygens (including phenoxy) is 2. The van der Waals surface area contributed by atoms with Crippen molar-refractivity contribution in [2.45, 2.75) is 39.3 Å². The minimum atomic E-state index is -0.440. The summed E-state index contributed by atoms with van der Waals surface area (Å²) in [6, 6.07) is 24.0. The first-order valence-electron chi connectivity index (χ1n) is 14.3. The van der Waals surface area contributed by atoms with Crippen molar-refractivity contribution in [2.75, 3.05) is 49.2 Å². The van der Waals surface area contributed by atoms with Gasteiger partial charge in [-0.05, 0) is 74.7 Å². The molecule has 0 saturated carbocycles. The Balaban J connectivity index is 1.06. The molecule has 0 radical (unpaired) electrons. The van der Waals surface area contributed by atoms with Gasteiger partial charge in [-0.1, -0.05) is 41.5 Å². The quantitative estimate of drug-likeness (QED) is 0.294. The fourth-order valence-electron chi connectivity index (χ4n) is 6.20. The molecule has 2 fully saturated rings. The zero-order valence-corrected chi connectivity index (χ0v) is 23.8. The molecule has 0 N–H and O–H groups in total. The number of hydrogen-bond acceptors (Lipinski definition) is 6. The molecule has 2 aliphatic rings. The summed E-state index contributed by atoms with van der Waals surface area (Å²) in [5.41, 5.74) is 7.16. The SMILES string of the molecule is Cc1ccc(N2CCN(c3ccc(OC[C@@H]4CO[C@@](Cn5cncn5)(c5ccc(C)cc5C)C4)cc3)CC2)cc1. The Hall–Kier alpha value is -3.84. The molecule has 2 atom stereocenters. The molecule has 4 aromatic rings. The summed E-state index contributed by atoms with van der Waals surface area (Å²) in [5, 5.41) is 4.37. The van der Waals surface area contributed by atoms with Gasteiger partial charge in [-0.15, -0.1) is 0 Å². The number of rotatable bonds is 8. The van der Waals surface area contributed by atoms with Crippen molar-refractivity contribution in [3.05, 3.63) is 102 Å². The number of benzene rings is 3. The van der Waals surface area contributed by atoms with E-state index in [1.54, 1.807) is 12.7 Å². The molecule has 208 valence electrons. The maximum atomic E-state index is 6.59. The lowest BCUT2D eigenvalue weighted by molar-refractivity contribution is -0.0184. The van der Waals surface area contributed by atoms with E-state index < -0.39 is 5.60 Å². The summed E-state index contributed by atoms with van der Waals surface area (Å²) >= 11 is 0. The predicted molar refractivity (Wildman–Crippen MR) is 159 cm³/mol. The number of hydrogen-bond donors (Lipinski definition) is 0. The molecule has 7 nitrogen and oxygen atoms in total. The average molecular weight is 538 g/mol. The second kappa shape index (κ2) is 11.3. The summed E-state index contributed by atoms with van der Waals surface area (Å²) in [7, 11) is 0. The zero-order chi connectivity index (χ0) is 27.5. The minimum absolute atomic E-state index is 0.291. The fourth-order valence-corrected chi connectivity index (χ4v) is 6.20. The standard InChI is InChI=1S/C33H39N5O2/c1-25-4-7-29(8-5-25)36-14-16-37(17-15-36)30-9-11-31(12-10-30)39-20-28-19-33(40-21-28,22-38-24-34-23-35-38)32-13-6-26(2)18-27(32)3/h4-13,18,23-24,28H,14-17,19-22H2,1-3H3/t28-,33+/m1/s1. The van der Waals surface area contributed by atoms with Gasteiger partial charge < -0.3 is 19.3 Å². The second-order valence-electron chi connectivity index (χ2n) is 11.4. The van der Waals surface area contributed by atoms with E-state index in [-0.39, 0.29) is 0 Å². The van der Waals surface area contributed by atoms with Gasteiger partial charge in [-0.25, -0.2) is 9.67 Å². The third-order valence-electron chi connectivity index (χ3n) is 8.34.